The number of aromatic nitrogens is 1. The lowest BCUT2D eigenvalue weighted by molar-refractivity contribution is -0.121. The highest BCUT2D eigenvalue weighted by atomic mass is 16.5. The summed E-state index contributed by atoms with van der Waals surface area (Å²) in [6.45, 7) is 0.208. The number of hydrogen-bond donors (Lipinski definition) is 2. The molecule has 0 bridgehead atoms. The predicted molar refractivity (Wildman–Crippen MR) is 126 cm³/mol. The van der Waals surface area contributed by atoms with E-state index in [0.29, 0.717) is 24.1 Å². The molecule has 0 saturated carbocycles. The molecule has 0 unspecified atom stereocenters. The molecule has 3 rings (SSSR count). The molecule has 3 aromatic rings. The number of methoxy groups -OCH3 is 1. The van der Waals surface area contributed by atoms with Gasteiger partial charge < -0.3 is 15.4 Å². The first-order chi connectivity index (χ1) is 16.0. The summed E-state index contributed by atoms with van der Waals surface area (Å²) in [4.78, 5) is 40.7. The molecule has 7 heteroatoms. The molecule has 2 N–H and O–H groups in total. The minimum absolute atomic E-state index is 0.126. The molecule has 0 fully saturated rings. The Bertz CT molecular complexity index is 1130. The number of pyridine rings is 1. The third-order valence-electron chi connectivity index (χ3n) is 4.76. The third kappa shape index (κ3) is 7.74. The quantitative estimate of drug-likeness (QED) is 0.388. The summed E-state index contributed by atoms with van der Waals surface area (Å²) in [5.41, 5.74) is 3.25. The molecule has 0 radical (unpaired) electrons. The molecule has 1 aromatic heterocycles. The zero-order chi connectivity index (χ0) is 23.5. The first kappa shape index (κ1) is 23.4. The molecule has 0 aliphatic carbocycles. The van der Waals surface area contributed by atoms with Crippen molar-refractivity contribution < 1.29 is 19.1 Å². The van der Waals surface area contributed by atoms with E-state index in [-0.39, 0.29) is 23.9 Å². The van der Waals surface area contributed by atoms with Gasteiger partial charge in [-0.25, -0.2) is 4.79 Å². The van der Waals surface area contributed by atoms with Gasteiger partial charge in [-0.05, 0) is 53.5 Å². The van der Waals surface area contributed by atoms with Crippen LogP contribution in [0.1, 0.15) is 33.5 Å². The molecule has 0 aliphatic rings. The van der Waals surface area contributed by atoms with Gasteiger partial charge in [-0.1, -0.05) is 36.4 Å². The van der Waals surface area contributed by atoms with Crippen molar-refractivity contribution in [3.05, 3.63) is 101 Å². The van der Waals surface area contributed by atoms with Crippen LogP contribution >= 0.6 is 0 Å². The lowest BCUT2D eigenvalue weighted by Gasteiger charge is -2.11. The van der Waals surface area contributed by atoms with Crippen LogP contribution in [0, 0.1) is 0 Å². The number of anilines is 1. The van der Waals surface area contributed by atoms with Crippen molar-refractivity contribution in [3.63, 3.8) is 0 Å². The molecule has 2 amide bonds. The highest BCUT2D eigenvalue weighted by Gasteiger charge is 2.11. The monoisotopic (exact) mass is 443 g/mol. The molecule has 2 aromatic carbocycles. The van der Waals surface area contributed by atoms with Crippen LogP contribution in [0.2, 0.25) is 0 Å². The number of nitrogens with zero attached hydrogens (tertiary/aromatic N) is 1. The molecule has 0 atom stereocenters. The van der Waals surface area contributed by atoms with Crippen molar-refractivity contribution in [2.24, 2.45) is 0 Å². The largest absolute Gasteiger partial charge is 0.465 e. The van der Waals surface area contributed by atoms with Crippen molar-refractivity contribution in [2.45, 2.75) is 19.4 Å². The molecule has 7 nitrogen and oxygen atoms in total. The van der Waals surface area contributed by atoms with Crippen LogP contribution < -0.4 is 10.6 Å². The Labute approximate surface area is 192 Å². The van der Waals surface area contributed by atoms with Crippen LogP contribution in [0.5, 0.6) is 0 Å². The van der Waals surface area contributed by atoms with Gasteiger partial charge in [-0.2, -0.15) is 0 Å². The summed E-state index contributed by atoms with van der Waals surface area (Å²) in [5.74, 6) is -0.999. The summed E-state index contributed by atoms with van der Waals surface area (Å²) in [6.07, 6.45) is 7.43. The van der Waals surface area contributed by atoms with Gasteiger partial charge in [0.1, 0.15) is 0 Å². The van der Waals surface area contributed by atoms with Crippen molar-refractivity contribution in [1.82, 2.24) is 10.3 Å². The number of nitrogens with one attached hydrogen (secondary N) is 2. The van der Waals surface area contributed by atoms with E-state index in [0.717, 1.165) is 11.1 Å². The van der Waals surface area contributed by atoms with E-state index in [1.807, 2.05) is 42.5 Å². The highest BCUT2D eigenvalue weighted by Crippen LogP contribution is 2.17. The second kappa shape index (κ2) is 12.0. The Morgan fingerprint density at radius 3 is 2.55 bits per heavy atom. The average Bonchev–Trinajstić information content (AvgIpc) is 2.85. The van der Waals surface area contributed by atoms with Gasteiger partial charge in [-0.3, -0.25) is 14.6 Å². The fourth-order valence-corrected chi connectivity index (χ4v) is 3.11. The van der Waals surface area contributed by atoms with E-state index < -0.39 is 5.97 Å². The smallest absolute Gasteiger partial charge is 0.337 e. The Morgan fingerprint density at radius 2 is 1.82 bits per heavy atom. The van der Waals surface area contributed by atoms with Crippen LogP contribution in [0.25, 0.3) is 6.08 Å². The fourth-order valence-electron chi connectivity index (χ4n) is 3.11. The predicted octanol–water partition coefficient (Wildman–Crippen LogP) is 3.77. The normalized spacial score (nSPS) is 10.6. The molecule has 1 heterocycles. The maximum absolute atomic E-state index is 12.3. The van der Waals surface area contributed by atoms with E-state index >= 15 is 0 Å². The summed E-state index contributed by atoms with van der Waals surface area (Å²) in [7, 11) is 1.29. The molecular formula is C26H25N3O4. The van der Waals surface area contributed by atoms with E-state index in [1.165, 1.54) is 19.3 Å². The summed E-state index contributed by atoms with van der Waals surface area (Å²) >= 11 is 0. The minimum atomic E-state index is -0.532. The Kier molecular flexibility index (Phi) is 8.48. The highest BCUT2D eigenvalue weighted by molar-refractivity contribution is 6.02. The van der Waals surface area contributed by atoms with Crippen molar-refractivity contribution in [2.75, 3.05) is 12.4 Å². The molecule has 0 spiro atoms. The van der Waals surface area contributed by atoms with Crippen LogP contribution in [0.4, 0.5) is 5.69 Å². The molecule has 0 saturated heterocycles. The lowest BCUT2D eigenvalue weighted by atomic mass is 10.1. The second-order valence-electron chi connectivity index (χ2n) is 7.28. The van der Waals surface area contributed by atoms with Gasteiger partial charge in [0.25, 0.3) is 0 Å². The zero-order valence-electron chi connectivity index (χ0n) is 18.3. The van der Waals surface area contributed by atoms with Crippen LogP contribution in [0.3, 0.4) is 0 Å². The topological polar surface area (TPSA) is 97.4 Å². The maximum atomic E-state index is 12.3. The Balaban J connectivity index is 1.64. The van der Waals surface area contributed by atoms with Crippen molar-refractivity contribution in [3.8, 4) is 0 Å². The zero-order valence-corrected chi connectivity index (χ0v) is 18.3. The number of aryl methyl sites for hydroxylation is 1. The number of carbonyl (C=O) groups excluding carboxylic acids is 3. The van der Waals surface area contributed by atoms with Gasteiger partial charge in [0.05, 0.1) is 12.7 Å². The lowest BCUT2D eigenvalue weighted by Crippen LogP contribution is -2.23. The van der Waals surface area contributed by atoms with Gasteiger partial charge >= 0.3 is 5.97 Å². The van der Waals surface area contributed by atoms with Gasteiger partial charge in [0.2, 0.25) is 11.8 Å². The third-order valence-corrected chi connectivity index (χ3v) is 4.76. The van der Waals surface area contributed by atoms with Crippen molar-refractivity contribution >= 4 is 29.5 Å². The van der Waals surface area contributed by atoms with Crippen LogP contribution in [0.15, 0.2) is 79.1 Å². The molecule has 0 aliphatic heterocycles. The second-order valence-corrected chi connectivity index (χ2v) is 7.28. The number of carbonyl (C=O) groups is 3. The molecule has 168 valence electrons. The number of esters is 1. The number of benzene rings is 2. The summed E-state index contributed by atoms with van der Waals surface area (Å²) < 4.78 is 4.81. The average molecular weight is 444 g/mol. The number of hydrogen-bond acceptors (Lipinski definition) is 5. The fraction of sp³-hybridized carbons (Fsp3) is 0.154. The Morgan fingerprint density at radius 1 is 1.00 bits per heavy atom. The van der Waals surface area contributed by atoms with Crippen LogP contribution in [-0.4, -0.2) is 29.9 Å². The maximum Gasteiger partial charge on any atom is 0.337 e. The van der Waals surface area contributed by atoms with Crippen molar-refractivity contribution in [1.29, 1.82) is 0 Å². The van der Waals surface area contributed by atoms with E-state index in [4.69, 9.17) is 4.74 Å². The first-order valence-electron chi connectivity index (χ1n) is 10.5. The number of amides is 2. The standard InChI is InChI=1S/C26H25N3O4/c1-33-26(32)22-14-21(18-28-24(30)11-10-20-8-5-13-27-17-20)15-23(16-22)29-25(31)12-9-19-6-3-2-4-7-19/h2-9,12-17H,10-11,18H2,1H3,(H,28,30)(H,29,31)/b12-9+. The minimum Gasteiger partial charge on any atom is -0.465 e. The van der Waals surface area contributed by atoms with Crippen LogP contribution in [-0.2, 0) is 27.3 Å². The first-order valence-corrected chi connectivity index (χ1v) is 10.5. The molecule has 33 heavy (non-hydrogen) atoms. The van der Waals surface area contributed by atoms with Gasteiger partial charge in [0, 0.05) is 37.1 Å². The van der Waals surface area contributed by atoms with Gasteiger partial charge in [0.15, 0.2) is 0 Å². The SMILES string of the molecule is COC(=O)c1cc(CNC(=O)CCc2cccnc2)cc(NC(=O)/C=C/c2ccccc2)c1. The summed E-state index contributed by atoms with van der Waals surface area (Å²) in [6, 6.07) is 18.1. The van der Waals surface area contributed by atoms with E-state index in [2.05, 4.69) is 15.6 Å². The summed E-state index contributed by atoms with van der Waals surface area (Å²) in [5, 5.41) is 5.60. The molecular weight excluding hydrogens is 418 g/mol. The Hall–Kier alpha value is -4.26. The van der Waals surface area contributed by atoms with E-state index in [1.54, 1.807) is 30.6 Å². The van der Waals surface area contributed by atoms with E-state index in [9.17, 15) is 14.4 Å². The van der Waals surface area contributed by atoms with Gasteiger partial charge in [-0.15, -0.1) is 0 Å². The number of rotatable bonds is 9. The number of ether oxygens (including phenoxy) is 1.